The molecule has 1 N–H and O–H groups in total. The van der Waals surface area contributed by atoms with Gasteiger partial charge in [0.25, 0.3) is 0 Å². The highest BCUT2D eigenvalue weighted by Gasteiger charge is 2.26. The van der Waals surface area contributed by atoms with Gasteiger partial charge in [-0.3, -0.25) is 0 Å². The van der Waals surface area contributed by atoms with Gasteiger partial charge in [-0.2, -0.15) is 0 Å². The molecule has 1 saturated carbocycles. The third kappa shape index (κ3) is 1.71. The minimum Gasteiger partial charge on any atom is -0.393 e. The Labute approximate surface area is 80.2 Å². The fourth-order valence-electron chi connectivity index (χ4n) is 2.55. The van der Waals surface area contributed by atoms with Crippen LogP contribution in [0, 0.1) is 5.92 Å². The first-order chi connectivity index (χ1) is 6.29. The van der Waals surface area contributed by atoms with Gasteiger partial charge in [0.15, 0.2) is 0 Å². The van der Waals surface area contributed by atoms with Gasteiger partial charge in [0, 0.05) is 5.92 Å². The zero-order valence-corrected chi connectivity index (χ0v) is 8.29. The first-order valence-corrected chi connectivity index (χ1v) is 5.36. The summed E-state index contributed by atoms with van der Waals surface area (Å²) in [6, 6.07) is 0. The number of fused-ring (bicyclic) bond motifs is 1. The second-order valence-corrected chi connectivity index (χ2v) is 4.21. The van der Waals surface area contributed by atoms with E-state index < -0.39 is 0 Å². The van der Waals surface area contributed by atoms with Gasteiger partial charge in [0.05, 0.1) is 6.10 Å². The maximum Gasteiger partial charge on any atom is 0.0580 e. The summed E-state index contributed by atoms with van der Waals surface area (Å²) in [5, 5.41) is 9.65. The van der Waals surface area contributed by atoms with E-state index in [1.165, 1.54) is 43.3 Å². The summed E-state index contributed by atoms with van der Waals surface area (Å²) in [6.07, 6.45) is 10.5. The summed E-state index contributed by atoms with van der Waals surface area (Å²) in [5.41, 5.74) is 2.97. The van der Waals surface area contributed by atoms with Gasteiger partial charge in [0.1, 0.15) is 0 Å². The number of hydrogen-bond acceptors (Lipinski definition) is 1. The van der Waals surface area contributed by atoms with Crippen LogP contribution in [0.2, 0.25) is 0 Å². The minimum absolute atomic E-state index is 0.173. The summed E-state index contributed by atoms with van der Waals surface area (Å²) in [5.74, 6) is 0.417. The van der Waals surface area contributed by atoms with E-state index in [-0.39, 0.29) is 6.10 Å². The van der Waals surface area contributed by atoms with E-state index in [1.54, 1.807) is 0 Å². The lowest BCUT2D eigenvalue weighted by molar-refractivity contribution is 0.133. The molecule has 2 aliphatic carbocycles. The highest BCUT2D eigenvalue weighted by Crippen LogP contribution is 2.38. The molecule has 1 heteroatoms. The van der Waals surface area contributed by atoms with Crippen molar-refractivity contribution >= 4 is 0 Å². The molecule has 2 aliphatic rings. The van der Waals surface area contributed by atoms with E-state index in [0.29, 0.717) is 5.92 Å². The third-order valence-electron chi connectivity index (χ3n) is 3.24. The van der Waals surface area contributed by atoms with E-state index in [1.807, 2.05) is 6.92 Å². The van der Waals surface area contributed by atoms with Crippen molar-refractivity contribution in [2.75, 3.05) is 0 Å². The van der Waals surface area contributed by atoms with Gasteiger partial charge < -0.3 is 5.11 Å². The van der Waals surface area contributed by atoms with Crippen LogP contribution >= 0.6 is 0 Å². The van der Waals surface area contributed by atoms with Crippen molar-refractivity contribution in [2.45, 2.75) is 45.1 Å². The number of hydrogen-bond donors (Lipinski definition) is 1. The Bertz CT molecular complexity index is 248. The summed E-state index contributed by atoms with van der Waals surface area (Å²) in [7, 11) is 0. The fraction of sp³-hybridized carbons (Fsp3) is 0.667. The molecule has 2 rings (SSSR count). The first kappa shape index (κ1) is 9.01. The van der Waals surface area contributed by atoms with Gasteiger partial charge >= 0.3 is 0 Å². The van der Waals surface area contributed by atoms with Crippen molar-refractivity contribution in [3.8, 4) is 0 Å². The van der Waals surface area contributed by atoms with Crippen LogP contribution in [-0.2, 0) is 0 Å². The van der Waals surface area contributed by atoms with E-state index >= 15 is 0 Å². The van der Waals surface area contributed by atoms with Crippen LogP contribution in [0.15, 0.2) is 23.3 Å². The Balaban J connectivity index is 2.21. The van der Waals surface area contributed by atoms with Crippen LogP contribution in [0.25, 0.3) is 0 Å². The van der Waals surface area contributed by atoms with Crippen molar-refractivity contribution in [1.29, 1.82) is 0 Å². The van der Waals surface area contributed by atoms with Crippen LogP contribution < -0.4 is 0 Å². The van der Waals surface area contributed by atoms with E-state index in [4.69, 9.17) is 0 Å². The molecule has 1 nitrogen and oxygen atoms in total. The summed E-state index contributed by atoms with van der Waals surface area (Å²) >= 11 is 0. The van der Waals surface area contributed by atoms with Crippen LogP contribution in [0.4, 0.5) is 0 Å². The standard InChI is InChI=1S/C12H18O/c1-9(13)11-8-4-6-10-5-2-3-7-12(10)11/h5,7,9,11,13H,2-4,6,8H2,1H3. The molecule has 0 heterocycles. The highest BCUT2D eigenvalue weighted by atomic mass is 16.3. The zero-order chi connectivity index (χ0) is 9.26. The molecule has 2 atom stereocenters. The van der Waals surface area contributed by atoms with Gasteiger partial charge in [-0.05, 0) is 50.2 Å². The van der Waals surface area contributed by atoms with E-state index in [9.17, 15) is 5.11 Å². The van der Waals surface area contributed by atoms with Gasteiger partial charge in [-0.25, -0.2) is 0 Å². The lowest BCUT2D eigenvalue weighted by Gasteiger charge is -2.31. The Hall–Kier alpha value is -0.560. The fourth-order valence-corrected chi connectivity index (χ4v) is 2.55. The molecule has 0 aromatic heterocycles. The molecule has 0 aromatic carbocycles. The second kappa shape index (κ2) is 3.67. The predicted octanol–water partition coefficient (Wildman–Crippen LogP) is 2.81. The quantitative estimate of drug-likeness (QED) is 0.654. The monoisotopic (exact) mass is 178 g/mol. The number of allylic oxidation sites excluding steroid dienone is 3. The predicted molar refractivity (Wildman–Crippen MR) is 54.4 cm³/mol. The van der Waals surface area contributed by atoms with Gasteiger partial charge in [-0.15, -0.1) is 0 Å². The van der Waals surface area contributed by atoms with Crippen molar-refractivity contribution in [3.63, 3.8) is 0 Å². The van der Waals surface area contributed by atoms with Crippen LogP contribution in [0.1, 0.15) is 39.0 Å². The Morgan fingerprint density at radius 3 is 2.92 bits per heavy atom. The lowest BCUT2D eigenvalue weighted by atomic mass is 9.75. The molecule has 1 fully saturated rings. The maximum absolute atomic E-state index is 9.65. The minimum atomic E-state index is -0.173. The zero-order valence-electron chi connectivity index (χ0n) is 8.29. The Morgan fingerprint density at radius 1 is 1.38 bits per heavy atom. The molecule has 0 radical (unpaired) electrons. The molecule has 0 aromatic rings. The van der Waals surface area contributed by atoms with Crippen molar-refractivity contribution in [1.82, 2.24) is 0 Å². The average molecular weight is 178 g/mol. The molecular weight excluding hydrogens is 160 g/mol. The molecule has 72 valence electrons. The molecule has 0 saturated heterocycles. The molecular formula is C12H18O. The van der Waals surface area contributed by atoms with Crippen LogP contribution in [-0.4, -0.2) is 11.2 Å². The first-order valence-electron chi connectivity index (χ1n) is 5.36. The molecule has 0 spiro atoms. The van der Waals surface area contributed by atoms with Crippen molar-refractivity contribution in [3.05, 3.63) is 23.3 Å². The average Bonchev–Trinajstić information content (AvgIpc) is 2.17. The number of rotatable bonds is 1. The normalized spacial score (nSPS) is 30.2. The van der Waals surface area contributed by atoms with E-state index in [2.05, 4.69) is 12.2 Å². The van der Waals surface area contributed by atoms with Crippen molar-refractivity contribution in [2.24, 2.45) is 5.92 Å². The Kier molecular flexibility index (Phi) is 2.54. The second-order valence-electron chi connectivity index (χ2n) is 4.21. The summed E-state index contributed by atoms with van der Waals surface area (Å²) in [6.45, 7) is 1.92. The van der Waals surface area contributed by atoms with Crippen LogP contribution in [0.5, 0.6) is 0 Å². The van der Waals surface area contributed by atoms with Gasteiger partial charge in [-0.1, -0.05) is 12.2 Å². The molecule has 0 amide bonds. The highest BCUT2D eigenvalue weighted by molar-refractivity contribution is 5.37. The summed E-state index contributed by atoms with van der Waals surface area (Å²) < 4.78 is 0. The topological polar surface area (TPSA) is 20.2 Å². The smallest absolute Gasteiger partial charge is 0.0580 e. The summed E-state index contributed by atoms with van der Waals surface area (Å²) in [4.78, 5) is 0. The SMILES string of the molecule is CC(O)C1CCCC2=CCCC=C21. The number of aliphatic hydroxyl groups excluding tert-OH is 1. The Morgan fingerprint density at radius 2 is 2.15 bits per heavy atom. The molecule has 13 heavy (non-hydrogen) atoms. The molecule has 2 unspecified atom stereocenters. The molecule has 0 aliphatic heterocycles. The lowest BCUT2D eigenvalue weighted by Crippen LogP contribution is -2.24. The number of aliphatic hydroxyl groups is 1. The largest absolute Gasteiger partial charge is 0.393 e. The molecule has 0 bridgehead atoms. The van der Waals surface area contributed by atoms with Crippen LogP contribution in [0.3, 0.4) is 0 Å². The van der Waals surface area contributed by atoms with Gasteiger partial charge in [0.2, 0.25) is 0 Å². The van der Waals surface area contributed by atoms with Crippen molar-refractivity contribution < 1.29 is 5.11 Å². The third-order valence-corrected chi connectivity index (χ3v) is 3.24. The van der Waals surface area contributed by atoms with E-state index in [0.717, 1.165) is 0 Å². The maximum atomic E-state index is 9.65.